The van der Waals surface area contributed by atoms with E-state index in [0.717, 1.165) is 6.07 Å². The molecule has 2 aromatic carbocycles. The number of carbonyl (C=O) groups is 3. The summed E-state index contributed by atoms with van der Waals surface area (Å²) in [6, 6.07) is 12.8. The van der Waals surface area contributed by atoms with Crippen LogP contribution in [0.5, 0.6) is 0 Å². The van der Waals surface area contributed by atoms with Crippen LogP contribution < -0.4 is 0 Å². The fourth-order valence-electron chi connectivity index (χ4n) is 2.40. The number of hydrogen-bond acceptors (Lipinski definition) is 5. The van der Waals surface area contributed by atoms with E-state index in [1.165, 1.54) is 19.1 Å². The molecule has 142 valence electrons. The molecule has 0 saturated heterocycles. The van der Waals surface area contributed by atoms with Crippen molar-refractivity contribution in [1.82, 2.24) is 0 Å². The maximum Gasteiger partial charge on any atom is 0.348 e. The van der Waals surface area contributed by atoms with Crippen molar-refractivity contribution < 1.29 is 38.8 Å². The molecule has 0 aliphatic carbocycles. The zero-order valence-electron chi connectivity index (χ0n) is 14.2. The molecule has 0 heterocycles. The minimum Gasteiger partial charge on any atom is -0.479 e. The van der Waals surface area contributed by atoms with Gasteiger partial charge in [-0.2, -0.15) is 0 Å². The number of ether oxygens (including phenoxy) is 1. The molecule has 0 aromatic heterocycles. The number of aliphatic hydroxyl groups is 1. The van der Waals surface area contributed by atoms with Crippen molar-refractivity contribution in [3.63, 3.8) is 0 Å². The summed E-state index contributed by atoms with van der Waals surface area (Å²) >= 11 is 0. The highest BCUT2D eigenvalue weighted by atomic mass is 19.1. The molecule has 0 fully saturated rings. The van der Waals surface area contributed by atoms with E-state index in [1.54, 1.807) is 30.3 Å². The van der Waals surface area contributed by atoms with Gasteiger partial charge in [-0.25, -0.2) is 14.0 Å². The molecule has 0 spiro atoms. The van der Waals surface area contributed by atoms with Crippen molar-refractivity contribution in [3.8, 4) is 11.1 Å². The standard InChI is InChI=1S/C19H17FO7/c1-10(19(26)27-16(18(24)25)15(21)17(22)23)12-7-8-13(14(20)9-12)11-5-3-2-4-6-11/h2-10,15-16,21H,1H3,(H,22,23)(H,24,25)/t10-,15?,16?/m0/s1. The Morgan fingerprint density at radius 3 is 2.15 bits per heavy atom. The summed E-state index contributed by atoms with van der Waals surface area (Å²) in [6.45, 7) is 1.35. The highest BCUT2D eigenvalue weighted by Crippen LogP contribution is 2.27. The van der Waals surface area contributed by atoms with Gasteiger partial charge in [0.25, 0.3) is 0 Å². The molecule has 27 heavy (non-hydrogen) atoms. The number of aliphatic carboxylic acids is 2. The van der Waals surface area contributed by atoms with E-state index in [9.17, 15) is 23.9 Å². The number of carbonyl (C=O) groups excluding carboxylic acids is 1. The van der Waals surface area contributed by atoms with Crippen LogP contribution in [0.25, 0.3) is 11.1 Å². The van der Waals surface area contributed by atoms with Crippen LogP contribution >= 0.6 is 0 Å². The molecule has 7 nitrogen and oxygen atoms in total. The van der Waals surface area contributed by atoms with E-state index in [-0.39, 0.29) is 5.56 Å². The van der Waals surface area contributed by atoms with Crippen LogP contribution in [0.4, 0.5) is 4.39 Å². The summed E-state index contributed by atoms with van der Waals surface area (Å²) in [5, 5.41) is 27.0. The number of benzene rings is 2. The third-order valence-corrected chi connectivity index (χ3v) is 3.96. The number of rotatable bonds is 7. The average Bonchev–Trinajstić information content (AvgIpc) is 2.65. The summed E-state index contributed by atoms with van der Waals surface area (Å²) in [6.07, 6.45) is -4.69. The van der Waals surface area contributed by atoms with Gasteiger partial charge in [0, 0.05) is 5.56 Å². The van der Waals surface area contributed by atoms with Gasteiger partial charge in [-0.15, -0.1) is 0 Å². The normalized spacial score (nSPS) is 14.0. The number of carboxylic acid groups (broad SMARTS) is 2. The van der Waals surface area contributed by atoms with Gasteiger partial charge in [-0.1, -0.05) is 42.5 Å². The Balaban J connectivity index is 2.20. The van der Waals surface area contributed by atoms with Crippen LogP contribution in [-0.4, -0.2) is 45.4 Å². The first kappa shape index (κ1) is 20.1. The lowest BCUT2D eigenvalue weighted by Gasteiger charge is -2.19. The quantitative estimate of drug-likeness (QED) is 0.632. The van der Waals surface area contributed by atoms with Crippen molar-refractivity contribution in [2.45, 2.75) is 25.0 Å². The number of carboxylic acids is 2. The second-order valence-electron chi connectivity index (χ2n) is 5.81. The zero-order chi connectivity index (χ0) is 20.1. The molecule has 0 aliphatic rings. The first-order chi connectivity index (χ1) is 12.7. The molecule has 0 aliphatic heterocycles. The molecule has 0 amide bonds. The third-order valence-electron chi connectivity index (χ3n) is 3.96. The second kappa shape index (κ2) is 8.41. The van der Waals surface area contributed by atoms with Crippen molar-refractivity contribution in [3.05, 3.63) is 59.9 Å². The molecular formula is C19H17FO7. The van der Waals surface area contributed by atoms with Gasteiger partial charge in [0.05, 0.1) is 5.92 Å². The van der Waals surface area contributed by atoms with Crippen molar-refractivity contribution in [1.29, 1.82) is 0 Å². The molecule has 3 N–H and O–H groups in total. The van der Waals surface area contributed by atoms with Crippen LogP contribution in [0.2, 0.25) is 0 Å². The van der Waals surface area contributed by atoms with Crippen LogP contribution in [0.15, 0.2) is 48.5 Å². The van der Waals surface area contributed by atoms with E-state index < -0.39 is 41.9 Å². The second-order valence-corrected chi connectivity index (χ2v) is 5.81. The number of hydrogen-bond donors (Lipinski definition) is 3. The summed E-state index contributed by atoms with van der Waals surface area (Å²) < 4.78 is 19.0. The lowest BCUT2D eigenvalue weighted by Crippen LogP contribution is -2.43. The van der Waals surface area contributed by atoms with Gasteiger partial charge in [0.15, 0.2) is 6.10 Å². The van der Waals surface area contributed by atoms with E-state index >= 15 is 0 Å². The molecule has 0 bridgehead atoms. The molecule has 0 radical (unpaired) electrons. The van der Waals surface area contributed by atoms with Crippen LogP contribution in [0.1, 0.15) is 18.4 Å². The van der Waals surface area contributed by atoms with Gasteiger partial charge in [-0.3, -0.25) is 4.79 Å². The molecule has 3 atom stereocenters. The van der Waals surface area contributed by atoms with Crippen LogP contribution in [0, 0.1) is 5.82 Å². The Morgan fingerprint density at radius 2 is 1.63 bits per heavy atom. The Bertz CT molecular complexity index is 850. The maximum absolute atomic E-state index is 14.4. The minimum absolute atomic E-state index is 0.214. The molecule has 8 heteroatoms. The predicted octanol–water partition coefficient (Wildman–Crippen LogP) is 2.04. The highest BCUT2D eigenvalue weighted by Gasteiger charge is 2.37. The molecular weight excluding hydrogens is 359 g/mol. The van der Waals surface area contributed by atoms with E-state index in [1.807, 2.05) is 0 Å². The lowest BCUT2D eigenvalue weighted by atomic mass is 9.97. The fraction of sp³-hybridized carbons (Fsp3) is 0.211. The molecule has 2 rings (SSSR count). The number of esters is 1. The first-order valence-electron chi connectivity index (χ1n) is 7.91. The average molecular weight is 376 g/mol. The Labute approximate surface area is 153 Å². The molecule has 2 aromatic rings. The third kappa shape index (κ3) is 4.68. The number of aliphatic hydroxyl groups excluding tert-OH is 1. The fourth-order valence-corrected chi connectivity index (χ4v) is 2.40. The van der Waals surface area contributed by atoms with Gasteiger partial charge >= 0.3 is 17.9 Å². The first-order valence-corrected chi connectivity index (χ1v) is 7.91. The van der Waals surface area contributed by atoms with Gasteiger partial charge < -0.3 is 20.1 Å². The van der Waals surface area contributed by atoms with E-state index in [4.69, 9.17) is 10.2 Å². The summed E-state index contributed by atoms with van der Waals surface area (Å²) in [4.78, 5) is 33.9. The largest absolute Gasteiger partial charge is 0.479 e. The van der Waals surface area contributed by atoms with Crippen molar-refractivity contribution in [2.24, 2.45) is 0 Å². The Hall–Kier alpha value is -3.26. The number of halogens is 1. The van der Waals surface area contributed by atoms with Crippen molar-refractivity contribution >= 4 is 17.9 Å². The SMILES string of the molecule is C[C@H](C(=O)OC(C(=O)O)C(O)C(=O)O)c1ccc(-c2ccccc2)c(F)c1. The smallest absolute Gasteiger partial charge is 0.348 e. The summed E-state index contributed by atoms with van der Waals surface area (Å²) in [5.41, 5.74) is 1.18. The van der Waals surface area contributed by atoms with Gasteiger partial charge in [0.1, 0.15) is 5.82 Å². The van der Waals surface area contributed by atoms with E-state index in [0.29, 0.717) is 11.1 Å². The van der Waals surface area contributed by atoms with Crippen LogP contribution in [-0.2, 0) is 19.1 Å². The van der Waals surface area contributed by atoms with Crippen molar-refractivity contribution in [2.75, 3.05) is 0 Å². The topological polar surface area (TPSA) is 121 Å². The highest BCUT2D eigenvalue weighted by molar-refractivity contribution is 5.87. The zero-order valence-corrected chi connectivity index (χ0v) is 14.2. The lowest BCUT2D eigenvalue weighted by molar-refractivity contribution is -0.179. The van der Waals surface area contributed by atoms with Crippen LogP contribution in [0.3, 0.4) is 0 Å². The van der Waals surface area contributed by atoms with Gasteiger partial charge in [0.2, 0.25) is 6.10 Å². The maximum atomic E-state index is 14.4. The molecule has 0 saturated carbocycles. The van der Waals surface area contributed by atoms with E-state index in [2.05, 4.69) is 4.74 Å². The summed E-state index contributed by atoms with van der Waals surface area (Å²) in [7, 11) is 0. The Kier molecular flexibility index (Phi) is 6.25. The predicted molar refractivity (Wildman–Crippen MR) is 91.4 cm³/mol. The monoisotopic (exact) mass is 376 g/mol. The Morgan fingerprint density at radius 1 is 1.00 bits per heavy atom. The summed E-state index contributed by atoms with van der Waals surface area (Å²) in [5.74, 6) is -6.42. The minimum atomic E-state index is -2.42. The molecule has 2 unspecified atom stereocenters. The van der Waals surface area contributed by atoms with Gasteiger partial charge in [-0.05, 0) is 24.1 Å².